The third-order valence-electron chi connectivity index (χ3n) is 6.60. The van der Waals surface area contributed by atoms with Crippen LogP contribution < -0.4 is 5.32 Å². The highest BCUT2D eigenvalue weighted by Gasteiger charge is 2.55. The van der Waals surface area contributed by atoms with Crippen LogP contribution in [-0.2, 0) is 9.53 Å². The lowest BCUT2D eigenvalue weighted by Gasteiger charge is -2.50. The van der Waals surface area contributed by atoms with Gasteiger partial charge in [-0.1, -0.05) is 54.5 Å². The molecule has 1 spiro atoms. The summed E-state index contributed by atoms with van der Waals surface area (Å²) in [5.41, 5.74) is 1.78. The SMILES string of the molecule is COCCN1C(=O)c2ccccc2C(C(=O)Nc2nc3ccccc3s2)C12CCCC2. The van der Waals surface area contributed by atoms with Gasteiger partial charge in [0.25, 0.3) is 5.91 Å². The first-order chi connectivity index (χ1) is 15.1. The number of amides is 2. The number of anilines is 1. The van der Waals surface area contributed by atoms with Gasteiger partial charge in [-0.2, -0.15) is 0 Å². The number of para-hydroxylation sites is 1. The van der Waals surface area contributed by atoms with Gasteiger partial charge >= 0.3 is 0 Å². The molecule has 31 heavy (non-hydrogen) atoms. The van der Waals surface area contributed by atoms with E-state index in [-0.39, 0.29) is 11.8 Å². The van der Waals surface area contributed by atoms with E-state index in [4.69, 9.17) is 4.74 Å². The van der Waals surface area contributed by atoms with Crippen molar-refractivity contribution in [2.24, 2.45) is 0 Å². The Bertz CT molecular complexity index is 1100. The normalized spacial score (nSPS) is 19.7. The van der Waals surface area contributed by atoms with Crippen molar-refractivity contribution in [3.05, 3.63) is 59.7 Å². The molecule has 1 aliphatic carbocycles. The molecule has 2 heterocycles. The zero-order chi connectivity index (χ0) is 21.4. The number of nitrogens with one attached hydrogen (secondary N) is 1. The number of carbonyl (C=O) groups excluding carboxylic acids is 2. The van der Waals surface area contributed by atoms with Crippen LogP contribution in [0.3, 0.4) is 0 Å². The minimum atomic E-state index is -0.523. The standard InChI is InChI=1S/C24H25N3O3S/c1-30-15-14-27-22(29)17-9-3-2-8-16(17)20(24(27)12-6-7-13-24)21(28)26-23-25-18-10-4-5-11-19(18)31-23/h2-5,8-11,20H,6-7,12-15H2,1H3,(H,25,26,28). The number of nitrogens with zero attached hydrogens (tertiary/aromatic N) is 2. The van der Waals surface area contributed by atoms with Gasteiger partial charge in [0.2, 0.25) is 5.91 Å². The van der Waals surface area contributed by atoms with Crippen LogP contribution in [0.5, 0.6) is 0 Å². The van der Waals surface area contributed by atoms with Crippen LogP contribution in [0.1, 0.15) is 47.5 Å². The molecule has 1 aromatic heterocycles. The monoisotopic (exact) mass is 435 g/mol. The Kier molecular flexibility index (Phi) is 5.24. The van der Waals surface area contributed by atoms with Gasteiger partial charge in [0.15, 0.2) is 5.13 Å². The largest absolute Gasteiger partial charge is 0.383 e. The quantitative estimate of drug-likeness (QED) is 0.643. The van der Waals surface area contributed by atoms with Crippen molar-refractivity contribution in [2.75, 3.05) is 25.6 Å². The molecule has 3 aromatic rings. The molecule has 0 saturated heterocycles. The number of aromatic nitrogens is 1. The lowest BCUT2D eigenvalue weighted by molar-refractivity contribution is -0.121. The number of carbonyl (C=O) groups is 2. The molecule has 2 amide bonds. The summed E-state index contributed by atoms with van der Waals surface area (Å²) in [7, 11) is 1.64. The number of hydrogen-bond acceptors (Lipinski definition) is 5. The van der Waals surface area contributed by atoms with E-state index in [9.17, 15) is 9.59 Å². The lowest BCUT2D eigenvalue weighted by Crippen LogP contribution is -2.60. The Hall–Kier alpha value is -2.77. The van der Waals surface area contributed by atoms with Crippen LogP contribution in [-0.4, -0.2) is 47.5 Å². The maximum absolute atomic E-state index is 13.8. The fraction of sp³-hybridized carbons (Fsp3) is 0.375. The summed E-state index contributed by atoms with van der Waals surface area (Å²) in [6, 6.07) is 15.4. The summed E-state index contributed by atoms with van der Waals surface area (Å²) in [4.78, 5) is 33.7. The third kappa shape index (κ3) is 3.32. The Morgan fingerprint density at radius 3 is 2.71 bits per heavy atom. The predicted octanol–water partition coefficient (Wildman–Crippen LogP) is 4.43. The molecular formula is C24H25N3O3S. The molecular weight excluding hydrogens is 410 g/mol. The number of methoxy groups -OCH3 is 1. The maximum Gasteiger partial charge on any atom is 0.254 e. The molecule has 1 atom stereocenters. The van der Waals surface area contributed by atoms with Crippen LogP contribution in [0.15, 0.2) is 48.5 Å². The van der Waals surface area contributed by atoms with Gasteiger partial charge in [-0.3, -0.25) is 9.59 Å². The highest BCUT2D eigenvalue weighted by Crippen LogP contribution is 2.50. The van der Waals surface area contributed by atoms with E-state index < -0.39 is 11.5 Å². The van der Waals surface area contributed by atoms with Crippen molar-refractivity contribution < 1.29 is 14.3 Å². The Balaban J connectivity index is 1.57. The summed E-state index contributed by atoms with van der Waals surface area (Å²) < 4.78 is 6.34. The van der Waals surface area contributed by atoms with Gasteiger partial charge in [0.05, 0.1) is 28.3 Å². The highest BCUT2D eigenvalue weighted by molar-refractivity contribution is 7.22. The van der Waals surface area contributed by atoms with Gasteiger partial charge in [-0.25, -0.2) is 4.98 Å². The molecule has 6 nitrogen and oxygen atoms in total. The van der Waals surface area contributed by atoms with Crippen LogP contribution >= 0.6 is 11.3 Å². The van der Waals surface area contributed by atoms with E-state index in [1.807, 2.05) is 53.4 Å². The summed E-state index contributed by atoms with van der Waals surface area (Å²) in [5.74, 6) is -0.533. The van der Waals surface area contributed by atoms with E-state index in [2.05, 4.69) is 10.3 Å². The van der Waals surface area contributed by atoms with E-state index in [1.165, 1.54) is 11.3 Å². The van der Waals surface area contributed by atoms with Crippen LogP contribution in [0.2, 0.25) is 0 Å². The number of benzene rings is 2. The second-order valence-corrected chi connectivity index (χ2v) is 9.29. The smallest absolute Gasteiger partial charge is 0.254 e. The zero-order valence-electron chi connectivity index (χ0n) is 17.5. The molecule has 5 rings (SSSR count). The van der Waals surface area contributed by atoms with E-state index >= 15 is 0 Å². The van der Waals surface area contributed by atoms with Crippen molar-refractivity contribution in [2.45, 2.75) is 37.1 Å². The fourth-order valence-corrected chi connectivity index (χ4v) is 6.15. The molecule has 1 fully saturated rings. The first kappa shape index (κ1) is 20.2. The van der Waals surface area contributed by atoms with Gasteiger partial charge in [-0.15, -0.1) is 0 Å². The molecule has 0 bridgehead atoms. The summed E-state index contributed by atoms with van der Waals surface area (Å²) in [6.45, 7) is 0.927. The zero-order valence-corrected chi connectivity index (χ0v) is 18.3. The Morgan fingerprint density at radius 2 is 1.94 bits per heavy atom. The van der Waals surface area contributed by atoms with Gasteiger partial charge in [0, 0.05) is 19.2 Å². The van der Waals surface area contributed by atoms with Crippen molar-refractivity contribution in [1.29, 1.82) is 0 Å². The number of hydrogen-bond donors (Lipinski definition) is 1. The molecule has 1 saturated carbocycles. The van der Waals surface area contributed by atoms with Crippen molar-refractivity contribution in [3.8, 4) is 0 Å². The van der Waals surface area contributed by atoms with E-state index in [0.717, 1.165) is 41.5 Å². The minimum Gasteiger partial charge on any atom is -0.383 e. The molecule has 1 N–H and O–H groups in total. The van der Waals surface area contributed by atoms with Gasteiger partial charge in [-0.05, 0) is 36.6 Å². The molecule has 2 aromatic carbocycles. The Labute approximate surface area is 185 Å². The summed E-state index contributed by atoms with van der Waals surface area (Å²) >= 11 is 1.47. The molecule has 1 aliphatic heterocycles. The van der Waals surface area contributed by atoms with Crippen molar-refractivity contribution in [3.63, 3.8) is 0 Å². The first-order valence-electron chi connectivity index (χ1n) is 10.7. The van der Waals surface area contributed by atoms with Crippen LogP contribution in [0, 0.1) is 0 Å². The molecule has 2 aliphatic rings. The van der Waals surface area contributed by atoms with Crippen LogP contribution in [0.25, 0.3) is 10.2 Å². The molecule has 1 unspecified atom stereocenters. The predicted molar refractivity (Wildman–Crippen MR) is 122 cm³/mol. The number of fused-ring (bicyclic) bond motifs is 2. The molecule has 160 valence electrons. The van der Waals surface area contributed by atoms with Crippen molar-refractivity contribution in [1.82, 2.24) is 9.88 Å². The average molecular weight is 436 g/mol. The molecule has 7 heteroatoms. The number of ether oxygens (including phenoxy) is 1. The van der Waals surface area contributed by atoms with Crippen molar-refractivity contribution >= 4 is 38.5 Å². The maximum atomic E-state index is 13.8. The lowest BCUT2D eigenvalue weighted by atomic mass is 9.71. The first-order valence-corrected chi connectivity index (χ1v) is 11.5. The van der Waals surface area contributed by atoms with Gasteiger partial charge < -0.3 is 15.0 Å². The summed E-state index contributed by atoms with van der Waals surface area (Å²) in [6.07, 6.45) is 3.64. The highest BCUT2D eigenvalue weighted by atomic mass is 32.1. The fourth-order valence-electron chi connectivity index (χ4n) is 5.28. The number of thiazole rings is 1. The molecule has 0 radical (unpaired) electrons. The third-order valence-corrected chi connectivity index (χ3v) is 7.55. The topological polar surface area (TPSA) is 71.5 Å². The van der Waals surface area contributed by atoms with E-state index in [1.54, 1.807) is 7.11 Å². The van der Waals surface area contributed by atoms with Crippen LogP contribution in [0.4, 0.5) is 5.13 Å². The Morgan fingerprint density at radius 1 is 1.19 bits per heavy atom. The second kappa shape index (κ2) is 8.05. The minimum absolute atomic E-state index is 0.00131. The average Bonchev–Trinajstić information content (AvgIpc) is 3.41. The van der Waals surface area contributed by atoms with Gasteiger partial charge in [0.1, 0.15) is 0 Å². The number of rotatable bonds is 5. The summed E-state index contributed by atoms with van der Waals surface area (Å²) in [5, 5.41) is 3.68. The van der Waals surface area contributed by atoms with E-state index in [0.29, 0.717) is 23.8 Å². The second-order valence-electron chi connectivity index (χ2n) is 8.26.